The summed E-state index contributed by atoms with van der Waals surface area (Å²) in [6.07, 6.45) is 0. The number of aryl methyl sites for hydroxylation is 2. The monoisotopic (exact) mass is 320 g/mol. The standard InChI is InChI=1S/C17H24N2O4/c1-12-15(13(2)23-18-12)11-22-16-6-5-14(9-17(16)21-4)10-19(3)7-8-20/h5-6,9,20H,7-8,10-11H2,1-4H3. The summed E-state index contributed by atoms with van der Waals surface area (Å²) in [6, 6.07) is 5.86. The van der Waals surface area contributed by atoms with Crippen LogP contribution in [0.1, 0.15) is 22.6 Å². The number of benzene rings is 1. The van der Waals surface area contributed by atoms with Crippen molar-refractivity contribution < 1.29 is 19.1 Å². The maximum absolute atomic E-state index is 8.97. The number of methoxy groups -OCH3 is 1. The highest BCUT2D eigenvalue weighted by atomic mass is 16.5. The minimum absolute atomic E-state index is 0.145. The lowest BCUT2D eigenvalue weighted by molar-refractivity contribution is 0.217. The number of rotatable bonds is 8. The highest BCUT2D eigenvalue weighted by Crippen LogP contribution is 2.29. The Balaban J connectivity index is 2.07. The molecule has 2 rings (SSSR count). The van der Waals surface area contributed by atoms with Crippen LogP contribution in [0.15, 0.2) is 22.7 Å². The molecule has 126 valence electrons. The first-order valence-electron chi connectivity index (χ1n) is 7.56. The SMILES string of the molecule is COc1cc(CN(C)CCO)ccc1OCc1c(C)noc1C. The average molecular weight is 320 g/mol. The third kappa shape index (κ3) is 4.46. The van der Waals surface area contributed by atoms with Crippen LogP contribution in [0.25, 0.3) is 0 Å². The molecule has 0 aliphatic rings. The molecule has 23 heavy (non-hydrogen) atoms. The zero-order valence-electron chi connectivity index (χ0n) is 14.1. The molecular weight excluding hydrogens is 296 g/mol. The summed E-state index contributed by atoms with van der Waals surface area (Å²) in [5, 5.41) is 12.9. The molecule has 0 amide bonds. The van der Waals surface area contributed by atoms with E-state index in [4.69, 9.17) is 19.1 Å². The molecule has 1 N–H and O–H groups in total. The lowest BCUT2D eigenvalue weighted by Gasteiger charge is -2.17. The van der Waals surface area contributed by atoms with E-state index in [1.807, 2.05) is 44.0 Å². The van der Waals surface area contributed by atoms with Gasteiger partial charge >= 0.3 is 0 Å². The molecule has 0 radical (unpaired) electrons. The van der Waals surface area contributed by atoms with Gasteiger partial charge in [-0.2, -0.15) is 0 Å². The van der Waals surface area contributed by atoms with Gasteiger partial charge in [-0.1, -0.05) is 11.2 Å². The lowest BCUT2D eigenvalue weighted by Crippen LogP contribution is -2.21. The van der Waals surface area contributed by atoms with Crippen molar-refractivity contribution in [2.45, 2.75) is 27.0 Å². The number of aliphatic hydroxyl groups is 1. The Morgan fingerprint density at radius 3 is 2.65 bits per heavy atom. The van der Waals surface area contributed by atoms with Crippen molar-refractivity contribution in [1.29, 1.82) is 0 Å². The van der Waals surface area contributed by atoms with E-state index >= 15 is 0 Å². The molecule has 0 aliphatic carbocycles. The van der Waals surface area contributed by atoms with Crippen LogP contribution in [0.2, 0.25) is 0 Å². The van der Waals surface area contributed by atoms with Gasteiger partial charge in [-0.05, 0) is 38.6 Å². The van der Waals surface area contributed by atoms with Crippen molar-refractivity contribution in [2.75, 3.05) is 27.3 Å². The van der Waals surface area contributed by atoms with Crippen molar-refractivity contribution in [3.05, 3.63) is 40.8 Å². The van der Waals surface area contributed by atoms with Gasteiger partial charge in [-0.3, -0.25) is 4.90 Å². The molecule has 6 nitrogen and oxygen atoms in total. The second-order valence-corrected chi connectivity index (χ2v) is 5.54. The average Bonchev–Trinajstić information content (AvgIpc) is 2.85. The zero-order chi connectivity index (χ0) is 16.8. The number of likely N-dealkylation sites (N-methyl/N-ethyl adjacent to an activating group) is 1. The highest BCUT2D eigenvalue weighted by Gasteiger charge is 2.12. The van der Waals surface area contributed by atoms with Gasteiger partial charge in [0.15, 0.2) is 11.5 Å². The van der Waals surface area contributed by atoms with E-state index in [2.05, 4.69) is 5.16 Å². The molecule has 1 aromatic heterocycles. The number of ether oxygens (including phenoxy) is 2. The first kappa shape index (κ1) is 17.3. The van der Waals surface area contributed by atoms with Gasteiger partial charge in [0.05, 0.1) is 25.0 Å². The molecule has 0 saturated carbocycles. The van der Waals surface area contributed by atoms with Crippen LogP contribution in [0.3, 0.4) is 0 Å². The van der Waals surface area contributed by atoms with Gasteiger partial charge in [0, 0.05) is 13.1 Å². The summed E-state index contributed by atoms with van der Waals surface area (Å²) in [7, 11) is 3.59. The van der Waals surface area contributed by atoms with E-state index in [9.17, 15) is 0 Å². The minimum Gasteiger partial charge on any atom is -0.493 e. The van der Waals surface area contributed by atoms with E-state index in [1.165, 1.54) is 0 Å². The number of aliphatic hydroxyl groups excluding tert-OH is 1. The molecule has 2 aromatic rings. The quantitative estimate of drug-likeness (QED) is 0.805. The fourth-order valence-electron chi connectivity index (χ4n) is 2.35. The first-order chi connectivity index (χ1) is 11.0. The number of hydrogen-bond acceptors (Lipinski definition) is 6. The highest BCUT2D eigenvalue weighted by molar-refractivity contribution is 5.43. The summed E-state index contributed by atoms with van der Waals surface area (Å²) in [4.78, 5) is 2.04. The van der Waals surface area contributed by atoms with Crippen LogP contribution in [0, 0.1) is 13.8 Å². The molecule has 1 heterocycles. The van der Waals surface area contributed by atoms with Crippen LogP contribution < -0.4 is 9.47 Å². The Hall–Kier alpha value is -2.05. The first-order valence-corrected chi connectivity index (χ1v) is 7.56. The van der Waals surface area contributed by atoms with Crippen LogP contribution in [-0.2, 0) is 13.2 Å². The molecule has 0 spiro atoms. The van der Waals surface area contributed by atoms with Crippen molar-refractivity contribution in [1.82, 2.24) is 10.1 Å². The predicted molar refractivity (Wildman–Crippen MR) is 86.7 cm³/mol. The Morgan fingerprint density at radius 2 is 2.04 bits per heavy atom. The molecule has 6 heteroatoms. The van der Waals surface area contributed by atoms with E-state index < -0.39 is 0 Å². The number of aromatic nitrogens is 1. The van der Waals surface area contributed by atoms with Crippen molar-refractivity contribution in [3.8, 4) is 11.5 Å². The van der Waals surface area contributed by atoms with E-state index in [-0.39, 0.29) is 6.61 Å². The van der Waals surface area contributed by atoms with Crippen LogP contribution in [-0.4, -0.2) is 42.5 Å². The Bertz CT molecular complexity index is 620. The normalized spacial score (nSPS) is 11.0. The molecule has 0 fully saturated rings. The minimum atomic E-state index is 0.145. The number of nitrogens with zero attached hydrogens (tertiary/aromatic N) is 2. The van der Waals surface area contributed by atoms with Gasteiger partial charge in [-0.25, -0.2) is 0 Å². The van der Waals surface area contributed by atoms with Crippen molar-refractivity contribution >= 4 is 0 Å². The number of hydrogen-bond donors (Lipinski definition) is 1. The van der Waals surface area contributed by atoms with Gasteiger partial charge in [-0.15, -0.1) is 0 Å². The summed E-state index contributed by atoms with van der Waals surface area (Å²) >= 11 is 0. The van der Waals surface area contributed by atoms with E-state index in [0.29, 0.717) is 24.7 Å². The van der Waals surface area contributed by atoms with Crippen molar-refractivity contribution in [3.63, 3.8) is 0 Å². The Kier molecular flexibility index (Phi) is 6.01. The summed E-state index contributed by atoms with van der Waals surface area (Å²) in [6.45, 7) is 5.67. The van der Waals surface area contributed by atoms with E-state index in [0.717, 1.165) is 29.1 Å². The molecule has 1 aromatic carbocycles. The molecule has 0 aliphatic heterocycles. The predicted octanol–water partition coefficient (Wildman–Crippen LogP) is 2.30. The topological polar surface area (TPSA) is 68.0 Å². The van der Waals surface area contributed by atoms with Crippen LogP contribution in [0.5, 0.6) is 11.5 Å². The molecule has 0 bridgehead atoms. The fourth-order valence-corrected chi connectivity index (χ4v) is 2.35. The summed E-state index contributed by atoms with van der Waals surface area (Å²) < 4.78 is 16.4. The fraction of sp³-hybridized carbons (Fsp3) is 0.471. The van der Waals surface area contributed by atoms with Gasteiger partial charge in [0.1, 0.15) is 12.4 Å². The van der Waals surface area contributed by atoms with Crippen LogP contribution in [0.4, 0.5) is 0 Å². The summed E-state index contributed by atoms with van der Waals surface area (Å²) in [5.41, 5.74) is 2.89. The van der Waals surface area contributed by atoms with Gasteiger partial charge in [0.25, 0.3) is 0 Å². The van der Waals surface area contributed by atoms with Crippen molar-refractivity contribution in [2.24, 2.45) is 0 Å². The maximum Gasteiger partial charge on any atom is 0.161 e. The smallest absolute Gasteiger partial charge is 0.161 e. The lowest BCUT2D eigenvalue weighted by atomic mass is 10.2. The molecular formula is C17H24N2O4. The van der Waals surface area contributed by atoms with Gasteiger partial charge in [0.2, 0.25) is 0 Å². The third-order valence-electron chi connectivity index (χ3n) is 3.72. The second-order valence-electron chi connectivity index (χ2n) is 5.54. The van der Waals surface area contributed by atoms with E-state index in [1.54, 1.807) is 7.11 Å². The van der Waals surface area contributed by atoms with Gasteiger partial charge < -0.3 is 19.1 Å². The molecule has 0 saturated heterocycles. The largest absolute Gasteiger partial charge is 0.493 e. The zero-order valence-corrected chi connectivity index (χ0v) is 14.1. The Morgan fingerprint density at radius 1 is 1.26 bits per heavy atom. The molecule has 0 atom stereocenters. The van der Waals surface area contributed by atoms with Crippen LogP contribution >= 0.6 is 0 Å². The second kappa shape index (κ2) is 7.99. The molecule has 0 unspecified atom stereocenters. The summed E-state index contributed by atoms with van der Waals surface area (Å²) in [5.74, 6) is 2.14. The Labute approximate surface area is 136 Å². The maximum atomic E-state index is 8.97. The third-order valence-corrected chi connectivity index (χ3v) is 3.72.